The summed E-state index contributed by atoms with van der Waals surface area (Å²) in [5.74, 6) is 2.54. The van der Waals surface area contributed by atoms with Crippen LogP contribution in [0.2, 0.25) is 0 Å². The highest BCUT2D eigenvalue weighted by Gasteiger charge is 2.32. The lowest BCUT2D eigenvalue weighted by Crippen LogP contribution is -2.22. The Kier molecular flexibility index (Phi) is 5.17. The second-order valence-corrected chi connectivity index (χ2v) is 9.17. The van der Waals surface area contributed by atoms with E-state index in [-0.39, 0.29) is 12.0 Å². The van der Waals surface area contributed by atoms with Crippen molar-refractivity contribution in [3.63, 3.8) is 0 Å². The number of aromatic nitrogens is 2. The van der Waals surface area contributed by atoms with Crippen LogP contribution in [0.1, 0.15) is 68.8 Å². The minimum absolute atomic E-state index is 0.0336. The van der Waals surface area contributed by atoms with Gasteiger partial charge in [0.2, 0.25) is 5.89 Å². The molecule has 1 aromatic rings. The number of aliphatic hydroxyl groups is 1. The second kappa shape index (κ2) is 6.92. The predicted molar refractivity (Wildman–Crippen MR) is 87.8 cm³/mol. The van der Waals surface area contributed by atoms with Gasteiger partial charge in [-0.25, -0.2) is 0 Å². The Morgan fingerprint density at radius 1 is 1.14 bits per heavy atom. The molecule has 0 amide bonds. The summed E-state index contributed by atoms with van der Waals surface area (Å²) in [5, 5.41) is 16.1. The molecule has 21 heavy (non-hydrogen) atoms. The van der Waals surface area contributed by atoms with Crippen LogP contribution >= 0.6 is 23.5 Å². The second-order valence-electron chi connectivity index (χ2n) is 6.17. The number of hydrogen-bond donors (Lipinski definition) is 1. The summed E-state index contributed by atoms with van der Waals surface area (Å²) in [6.07, 6.45) is 4.92. The Bertz CT molecular complexity index is 468. The molecule has 3 rings (SSSR count). The van der Waals surface area contributed by atoms with Gasteiger partial charge in [0.15, 0.2) is 5.82 Å². The van der Waals surface area contributed by atoms with Gasteiger partial charge in [-0.3, -0.25) is 0 Å². The molecule has 5 atom stereocenters. The maximum atomic E-state index is 10.3. The van der Waals surface area contributed by atoms with Gasteiger partial charge >= 0.3 is 0 Å². The summed E-state index contributed by atoms with van der Waals surface area (Å²) >= 11 is 3.93. The molecular weight excluding hydrogens is 304 g/mol. The van der Waals surface area contributed by atoms with E-state index in [1.54, 1.807) is 0 Å². The van der Waals surface area contributed by atoms with E-state index in [2.05, 4.69) is 24.0 Å². The number of hydrogen-bond acceptors (Lipinski definition) is 6. The van der Waals surface area contributed by atoms with E-state index >= 15 is 0 Å². The molecule has 1 N–H and O–H groups in total. The Morgan fingerprint density at radius 3 is 2.76 bits per heavy atom. The highest BCUT2D eigenvalue weighted by molar-refractivity contribution is 8.07. The summed E-state index contributed by atoms with van der Waals surface area (Å²) in [6, 6.07) is 0. The lowest BCUT2D eigenvalue weighted by Gasteiger charge is -2.29. The van der Waals surface area contributed by atoms with Crippen molar-refractivity contribution >= 4 is 23.5 Å². The van der Waals surface area contributed by atoms with Gasteiger partial charge in [0.25, 0.3) is 0 Å². The normalized spacial score (nSPS) is 38.1. The molecule has 1 saturated heterocycles. The average molecular weight is 329 g/mol. The Labute approximate surface area is 134 Å². The fourth-order valence-corrected chi connectivity index (χ4v) is 5.86. The molecule has 118 valence electrons. The molecule has 2 aliphatic rings. The highest BCUT2D eigenvalue weighted by Crippen LogP contribution is 2.43. The first-order chi connectivity index (χ1) is 10.1. The van der Waals surface area contributed by atoms with Crippen LogP contribution in [0.15, 0.2) is 4.52 Å². The van der Waals surface area contributed by atoms with Crippen molar-refractivity contribution in [3.05, 3.63) is 11.7 Å². The Hall–Kier alpha value is -0.200. The van der Waals surface area contributed by atoms with E-state index in [1.165, 1.54) is 6.42 Å². The van der Waals surface area contributed by atoms with Crippen LogP contribution in [0.25, 0.3) is 0 Å². The molecule has 0 spiro atoms. The summed E-state index contributed by atoms with van der Waals surface area (Å²) in [4.78, 5) is 4.64. The molecule has 4 nitrogen and oxygen atoms in total. The molecule has 1 aromatic heterocycles. The minimum Gasteiger partial charge on any atom is -0.392 e. The average Bonchev–Trinajstić information content (AvgIpc) is 2.85. The monoisotopic (exact) mass is 328 g/mol. The van der Waals surface area contributed by atoms with Crippen LogP contribution in [0, 0.1) is 0 Å². The standard InChI is InChI=1S/C15H24N2O2S2/c1-9-10(2)21-13(8-20-9)14-16-15(19-17-14)11-6-4-3-5-7-12(11)18/h9-13,18H,3-8H2,1-2H3. The zero-order chi connectivity index (χ0) is 14.8. The molecular formula is C15H24N2O2S2. The molecule has 2 heterocycles. The Balaban J connectivity index is 1.71. The van der Waals surface area contributed by atoms with Gasteiger partial charge in [0.05, 0.1) is 17.3 Å². The lowest BCUT2D eigenvalue weighted by atomic mass is 9.97. The van der Waals surface area contributed by atoms with E-state index in [0.717, 1.165) is 37.3 Å². The van der Waals surface area contributed by atoms with E-state index in [9.17, 15) is 5.11 Å². The molecule has 5 unspecified atom stereocenters. The van der Waals surface area contributed by atoms with Gasteiger partial charge in [-0.1, -0.05) is 38.3 Å². The van der Waals surface area contributed by atoms with Crippen LogP contribution in [0.5, 0.6) is 0 Å². The van der Waals surface area contributed by atoms with Gasteiger partial charge in [0, 0.05) is 16.3 Å². The van der Waals surface area contributed by atoms with Crippen LogP contribution in [-0.4, -0.2) is 37.6 Å². The quantitative estimate of drug-likeness (QED) is 0.834. The van der Waals surface area contributed by atoms with Crippen molar-refractivity contribution < 1.29 is 9.63 Å². The number of thioether (sulfide) groups is 2. The van der Waals surface area contributed by atoms with E-state index in [4.69, 9.17) is 4.52 Å². The first-order valence-electron chi connectivity index (χ1n) is 7.93. The third kappa shape index (κ3) is 3.59. The van der Waals surface area contributed by atoms with Crippen molar-refractivity contribution in [2.75, 3.05) is 5.75 Å². The zero-order valence-electron chi connectivity index (χ0n) is 12.7. The number of rotatable bonds is 2. The van der Waals surface area contributed by atoms with Crippen molar-refractivity contribution in [1.29, 1.82) is 0 Å². The van der Waals surface area contributed by atoms with E-state index < -0.39 is 0 Å². The minimum atomic E-state index is -0.326. The highest BCUT2D eigenvalue weighted by atomic mass is 32.2. The third-order valence-electron chi connectivity index (χ3n) is 4.59. The van der Waals surface area contributed by atoms with Crippen LogP contribution in [0.4, 0.5) is 0 Å². The van der Waals surface area contributed by atoms with Gasteiger partial charge in [-0.15, -0.1) is 11.8 Å². The zero-order valence-corrected chi connectivity index (χ0v) is 14.3. The lowest BCUT2D eigenvalue weighted by molar-refractivity contribution is 0.119. The summed E-state index contributed by atoms with van der Waals surface area (Å²) in [6.45, 7) is 4.55. The van der Waals surface area contributed by atoms with E-state index in [0.29, 0.717) is 21.6 Å². The molecule has 0 aromatic carbocycles. The molecule has 0 radical (unpaired) electrons. The molecule has 6 heteroatoms. The fraction of sp³-hybridized carbons (Fsp3) is 0.867. The topological polar surface area (TPSA) is 59.2 Å². The maximum Gasteiger partial charge on any atom is 0.232 e. The fourth-order valence-electron chi connectivity index (χ4n) is 3.02. The van der Waals surface area contributed by atoms with Gasteiger partial charge in [0.1, 0.15) is 0 Å². The molecule has 0 bridgehead atoms. The SMILES string of the molecule is CC1SCC(c2noc(C3CCCCCC3O)n2)SC1C. The van der Waals surface area contributed by atoms with Crippen molar-refractivity contribution in [1.82, 2.24) is 10.1 Å². The van der Waals surface area contributed by atoms with Crippen LogP contribution in [0.3, 0.4) is 0 Å². The van der Waals surface area contributed by atoms with Crippen molar-refractivity contribution in [2.24, 2.45) is 0 Å². The van der Waals surface area contributed by atoms with Crippen molar-refractivity contribution in [3.8, 4) is 0 Å². The van der Waals surface area contributed by atoms with Gasteiger partial charge in [-0.2, -0.15) is 16.7 Å². The number of aliphatic hydroxyl groups excluding tert-OH is 1. The van der Waals surface area contributed by atoms with Gasteiger partial charge in [-0.05, 0) is 12.8 Å². The summed E-state index contributed by atoms with van der Waals surface area (Å²) < 4.78 is 5.50. The van der Waals surface area contributed by atoms with Crippen LogP contribution in [-0.2, 0) is 0 Å². The molecule has 1 saturated carbocycles. The van der Waals surface area contributed by atoms with Gasteiger partial charge < -0.3 is 9.63 Å². The molecule has 2 fully saturated rings. The molecule has 1 aliphatic heterocycles. The maximum absolute atomic E-state index is 10.3. The Morgan fingerprint density at radius 2 is 1.95 bits per heavy atom. The largest absolute Gasteiger partial charge is 0.392 e. The first kappa shape index (κ1) is 15.7. The third-order valence-corrected chi connectivity index (χ3v) is 7.98. The smallest absolute Gasteiger partial charge is 0.232 e. The predicted octanol–water partition coefficient (Wildman–Crippen LogP) is 3.78. The van der Waals surface area contributed by atoms with Crippen molar-refractivity contribution in [2.45, 2.75) is 73.7 Å². The summed E-state index contributed by atoms with van der Waals surface area (Å²) in [5.41, 5.74) is 0. The summed E-state index contributed by atoms with van der Waals surface area (Å²) in [7, 11) is 0. The van der Waals surface area contributed by atoms with E-state index in [1.807, 2.05) is 23.5 Å². The number of nitrogens with zero attached hydrogens (tertiary/aromatic N) is 2. The molecule has 1 aliphatic carbocycles. The van der Waals surface area contributed by atoms with Crippen LogP contribution < -0.4 is 0 Å². The first-order valence-corrected chi connectivity index (χ1v) is 9.93.